The van der Waals surface area contributed by atoms with Crippen molar-refractivity contribution in [3.8, 4) is 0 Å². The summed E-state index contributed by atoms with van der Waals surface area (Å²) in [5, 5.41) is 3.27. The summed E-state index contributed by atoms with van der Waals surface area (Å²) >= 11 is 0. The van der Waals surface area contributed by atoms with Crippen LogP contribution in [0.1, 0.15) is 48.8 Å². The Hall–Kier alpha value is -2.49. The van der Waals surface area contributed by atoms with Crippen molar-refractivity contribution in [1.29, 1.82) is 0 Å². The van der Waals surface area contributed by atoms with Crippen LogP contribution in [0.25, 0.3) is 11.3 Å². The van der Waals surface area contributed by atoms with Crippen LogP contribution < -0.4 is 5.32 Å². The molecule has 4 heteroatoms. The van der Waals surface area contributed by atoms with E-state index in [1.54, 1.807) is 12.4 Å². The van der Waals surface area contributed by atoms with Crippen molar-refractivity contribution in [2.45, 2.75) is 39.9 Å². The van der Waals surface area contributed by atoms with Gasteiger partial charge < -0.3 is 5.32 Å². The molecule has 1 N–H and O–H groups in total. The lowest BCUT2D eigenvalue weighted by atomic mass is 10.0. The lowest BCUT2D eigenvalue weighted by molar-refractivity contribution is 0.206. The quantitative estimate of drug-likeness (QED) is 0.830. The minimum atomic E-state index is -1.53. The van der Waals surface area contributed by atoms with Gasteiger partial charge >= 0.3 is 0 Å². The molecular formula is C20H24FN3. The number of nitrogens with one attached hydrogen (secondary N) is 1. The van der Waals surface area contributed by atoms with Gasteiger partial charge in [0.2, 0.25) is 0 Å². The van der Waals surface area contributed by atoms with E-state index in [9.17, 15) is 4.39 Å². The number of hydrogen-bond donors (Lipinski definition) is 1. The lowest BCUT2D eigenvalue weighted by Crippen LogP contribution is -2.16. The Bertz CT molecular complexity index is 755. The maximum absolute atomic E-state index is 13.8. The number of halogens is 1. The molecule has 0 saturated heterocycles. The van der Waals surface area contributed by atoms with Crippen molar-refractivity contribution in [1.82, 2.24) is 15.3 Å². The Labute approximate surface area is 143 Å². The highest BCUT2D eigenvalue weighted by Crippen LogP contribution is 2.21. The maximum Gasteiger partial charge on any atom is 0.165 e. The molecule has 0 aliphatic carbocycles. The number of benzene rings is 1. The molecule has 1 heterocycles. The van der Waals surface area contributed by atoms with Crippen molar-refractivity contribution < 1.29 is 4.39 Å². The van der Waals surface area contributed by atoms with E-state index in [4.69, 9.17) is 0 Å². The van der Waals surface area contributed by atoms with Crippen LogP contribution in [0.15, 0.2) is 43.8 Å². The van der Waals surface area contributed by atoms with Crippen LogP contribution in [0, 0.1) is 6.92 Å². The van der Waals surface area contributed by atoms with Gasteiger partial charge in [0.15, 0.2) is 11.5 Å². The summed E-state index contributed by atoms with van der Waals surface area (Å²) in [6.07, 6.45) is 3.28. The molecule has 1 aromatic carbocycles. The fraction of sp³-hybridized carbons (Fsp3) is 0.300. The summed E-state index contributed by atoms with van der Waals surface area (Å²) in [7, 11) is 0. The van der Waals surface area contributed by atoms with Gasteiger partial charge in [-0.3, -0.25) is 0 Å². The SMILES string of the molecule is C=C(C)c1cc(C)cc(C(=C)NCc2cnc(C(C)(C)F)nc2)c1. The minimum Gasteiger partial charge on any atom is -0.381 e. The monoisotopic (exact) mass is 325 g/mol. The molecule has 0 saturated carbocycles. The second-order valence-electron chi connectivity index (χ2n) is 6.59. The van der Waals surface area contributed by atoms with E-state index in [-0.39, 0.29) is 5.82 Å². The van der Waals surface area contributed by atoms with Gasteiger partial charge in [-0.2, -0.15) is 0 Å². The first-order valence-corrected chi connectivity index (χ1v) is 7.88. The standard InChI is InChI=1S/C20H24FN3/c1-13(2)17-7-14(3)8-18(9-17)15(4)22-10-16-11-23-19(24-12-16)20(5,6)21/h7-9,11-12,22H,1,4,10H2,2-3,5-6H3. The Morgan fingerprint density at radius 2 is 1.71 bits per heavy atom. The molecule has 2 rings (SSSR count). The average Bonchev–Trinajstić information content (AvgIpc) is 2.51. The first-order chi connectivity index (χ1) is 11.2. The van der Waals surface area contributed by atoms with Gasteiger partial charge in [-0.15, -0.1) is 0 Å². The molecule has 1 aromatic heterocycles. The second kappa shape index (κ2) is 6.95. The zero-order valence-electron chi connectivity index (χ0n) is 14.8. The van der Waals surface area contributed by atoms with Crippen LogP contribution in [-0.4, -0.2) is 9.97 Å². The van der Waals surface area contributed by atoms with Crippen molar-refractivity contribution >= 4 is 11.3 Å². The van der Waals surface area contributed by atoms with Crippen LogP contribution in [0.3, 0.4) is 0 Å². The molecule has 2 aromatic rings. The smallest absolute Gasteiger partial charge is 0.165 e. The molecule has 3 nitrogen and oxygen atoms in total. The van der Waals surface area contributed by atoms with Gasteiger partial charge in [0.1, 0.15) is 0 Å². The van der Waals surface area contributed by atoms with Gasteiger partial charge in [-0.25, -0.2) is 14.4 Å². The third kappa shape index (κ3) is 4.51. The molecule has 0 aliphatic rings. The highest BCUT2D eigenvalue weighted by molar-refractivity contribution is 5.70. The van der Waals surface area contributed by atoms with E-state index in [2.05, 4.69) is 53.6 Å². The van der Waals surface area contributed by atoms with Crippen LogP contribution in [0.5, 0.6) is 0 Å². The van der Waals surface area contributed by atoms with Gasteiger partial charge in [0, 0.05) is 30.2 Å². The Morgan fingerprint density at radius 3 is 2.25 bits per heavy atom. The number of alkyl halides is 1. The number of aryl methyl sites for hydroxylation is 1. The van der Waals surface area contributed by atoms with Gasteiger partial charge in [0.25, 0.3) is 0 Å². The van der Waals surface area contributed by atoms with Crippen LogP contribution >= 0.6 is 0 Å². The van der Waals surface area contributed by atoms with Crippen LogP contribution in [-0.2, 0) is 12.2 Å². The number of nitrogens with zero attached hydrogens (tertiary/aromatic N) is 2. The Balaban J connectivity index is 2.07. The molecular weight excluding hydrogens is 301 g/mol. The van der Waals surface area contributed by atoms with E-state index >= 15 is 0 Å². The van der Waals surface area contributed by atoms with E-state index in [1.807, 2.05) is 6.92 Å². The van der Waals surface area contributed by atoms with Crippen LogP contribution in [0.2, 0.25) is 0 Å². The van der Waals surface area contributed by atoms with Crippen molar-refractivity contribution in [2.24, 2.45) is 0 Å². The first kappa shape index (κ1) is 17.9. The average molecular weight is 325 g/mol. The summed E-state index contributed by atoms with van der Waals surface area (Å²) < 4.78 is 13.8. The van der Waals surface area contributed by atoms with Gasteiger partial charge in [-0.05, 0) is 56.5 Å². The molecule has 0 radical (unpaired) electrons. The summed E-state index contributed by atoms with van der Waals surface area (Å²) in [5.74, 6) is 0.190. The Morgan fingerprint density at radius 1 is 1.12 bits per heavy atom. The molecule has 0 atom stereocenters. The minimum absolute atomic E-state index is 0.190. The highest BCUT2D eigenvalue weighted by Gasteiger charge is 2.21. The highest BCUT2D eigenvalue weighted by atomic mass is 19.1. The first-order valence-electron chi connectivity index (χ1n) is 7.88. The molecule has 0 fully saturated rings. The van der Waals surface area contributed by atoms with Gasteiger partial charge in [-0.1, -0.05) is 24.8 Å². The number of rotatable bonds is 6. The molecule has 0 unspecified atom stereocenters. The molecule has 0 aliphatic heterocycles. The van der Waals surface area contributed by atoms with Gasteiger partial charge in [0.05, 0.1) is 0 Å². The van der Waals surface area contributed by atoms with E-state index in [1.165, 1.54) is 13.8 Å². The Kier molecular flexibility index (Phi) is 5.17. The van der Waals surface area contributed by atoms with E-state index in [0.717, 1.165) is 33.5 Å². The largest absolute Gasteiger partial charge is 0.381 e. The molecule has 0 amide bonds. The van der Waals surface area contributed by atoms with Crippen molar-refractivity contribution in [3.05, 3.63) is 71.8 Å². The predicted molar refractivity (Wildman–Crippen MR) is 97.9 cm³/mol. The summed E-state index contributed by atoms with van der Waals surface area (Å²) in [4.78, 5) is 8.17. The fourth-order valence-corrected chi connectivity index (χ4v) is 2.27. The number of hydrogen-bond acceptors (Lipinski definition) is 3. The zero-order chi connectivity index (χ0) is 17.9. The molecule has 126 valence electrons. The van der Waals surface area contributed by atoms with E-state index in [0.29, 0.717) is 6.54 Å². The number of allylic oxidation sites excluding steroid dienone is 1. The molecule has 24 heavy (non-hydrogen) atoms. The topological polar surface area (TPSA) is 37.8 Å². The third-order valence-electron chi connectivity index (χ3n) is 3.66. The summed E-state index contributed by atoms with van der Waals surface area (Å²) in [6, 6.07) is 6.24. The number of aromatic nitrogens is 2. The zero-order valence-corrected chi connectivity index (χ0v) is 14.8. The maximum atomic E-state index is 13.8. The normalized spacial score (nSPS) is 11.2. The molecule has 0 bridgehead atoms. The summed E-state index contributed by atoms with van der Waals surface area (Å²) in [6.45, 7) is 15.5. The van der Waals surface area contributed by atoms with E-state index < -0.39 is 5.67 Å². The lowest BCUT2D eigenvalue weighted by Gasteiger charge is -2.14. The third-order valence-corrected chi connectivity index (χ3v) is 3.66. The fourth-order valence-electron chi connectivity index (χ4n) is 2.27. The molecule has 0 spiro atoms. The van der Waals surface area contributed by atoms with Crippen molar-refractivity contribution in [3.63, 3.8) is 0 Å². The summed E-state index contributed by atoms with van der Waals surface area (Å²) in [5.41, 5.74) is 4.46. The van der Waals surface area contributed by atoms with Crippen LogP contribution in [0.4, 0.5) is 4.39 Å². The second-order valence-corrected chi connectivity index (χ2v) is 6.59. The predicted octanol–water partition coefficient (Wildman–Crippen LogP) is 4.78. The van der Waals surface area contributed by atoms with Crippen molar-refractivity contribution in [2.75, 3.05) is 0 Å².